The lowest BCUT2D eigenvalue weighted by Gasteiger charge is -2.43. The first kappa shape index (κ1) is 25.2. The summed E-state index contributed by atoms with van der Waals surface area (Å²) in [5.74, 6) is -0.284. The SMILES string of the molecule is COC1=C2C(=C(c3cc(O)c(O)cc3C[C@H](C)O)C(OC)C1C)C[C@@H](C)O[C@H]2c1ccc(F)cc1. The molecule has 1 heterocycles. The second kappa shape index (κ2) is 10.0. The molecule has 2 unspecified atom stereocenters. The summed E-state index contributed by atoms with van der Waals surface area (Å²) in [6, 6.07) is 9.30. The summed E-state index contributed by atoms with van der Waals surface area (Å²) in [6.45, 7) is 5.67. The Labute approximate surface area is 205 Å². The molecule has 35 heavy (non-hydrogen) atoms. The Morgan fingerprint density at radius 3 is 2.31 bits per heavy atom. The van der Waals surface area contributed by atoms with E-state index in [1.54, 1.807) is 33.3 Å². The second-order valence-corrected chi connectivity index (χ2v) is 9.45. The number of hydrogen-bond acceptors (Lipinski definition) is 6. The molecule has 2 aliphatic rings. The Hall–Kier alpha value is -2.87. The summed E-state index contributed by atoms with van der Waals surface area (Å²) in [6.07, 6.45) is -0.847. The molecule has 0 aromatic heterocycles. The highest BCUT2D eigenvalue weighted by Gasteiger charge is 2.43. The summed E-state index contributed by atoms with van der Waals surface area (Å²) >= 11 is 0. The molecule has 0 amide bonds. The van der Waals surface area contributed by atoms with Crippen molar-refractivity contribution in [2.24, 2.45) is 5.92 Å². The topological polar surface area (TPSA) is 88.4 Å². The van der Waals surface area contributed by atoms with Crippen molar-refractivity contribution in [3.8, 4) is 11.5 Å². The zero-order valence-corrected chi connectivity index (χ0v) is 20.7. The van der Waals surface area contributed by atoms with Crippen molar-refractivity contribution >= 4 is 5.57 Å². The number of hydrogen-bond donors (Lipinski definition) is 3. The number of benzene rings is 2. The molecule has 0 bridgehead atoms. The molecule has 4 rings (SSSR count). The Morgan fingerprint density at radius 1 is 1.06 bits per heavy atom. The number of fused-ring (bicyclic) bond motifs is 1. The summed E-state index contributed by atoms with van der Waals surface area (Å²) in [7, 11) is 3.26. The van der Waals surface area contributed by atoms with Crippen LogP contribution in [0.5, 0.6) is 11.5 Å². The number of halogens is 1. The maximum atomic E-state index is 13.7. The van der Waals surface area contributed by atoms with Gasteiger partial charge in [-0.1, -0.05) is 19.1 Å². The molecule has 1 aliphatic carbocycles. The number of rotatable bonds is 6. The zero-order chi connectivity index (χ0) is 25.4. The molecule has 0 radical (unpaired) electrons. The van der Waals surface area contributed by atoms with Crippen LogP contribution in [-0.2, 0) is 20.6 Å². The molecule has 2 aromatic carbocycles. The van der Waals surface area contributed by atoms with Crippen LogP contribution in [0.3, 0.4) is 0 Å². The fourth-order valence-electron chi connectivity index (χ4n) is 5.42. The van der Waals surface area contributed by atoms with E-state index in [4.69, 9.17) is 14.2 Å². The van der Waals surface area contributed by atoms with Crippen LogP contribution >= 0.6 is 0 Å². The van der Waals surface area contributed by atoms with E-state index in [-0.39, 0.29) is 35.8 Å². The Kier molecular flexibility index (Phi) is 7.22. The van der Waals surface area contributed by atoms with Crippen molar-refractivity contribution in [2.45, 2.75) is 58.0 Å². The van der Waals surface area contributed by atoms with Gasteiger partial charge < -0.3 is 29.5 Å². The van der Waals surface area contributed by atoms with Crippen molar-refractivity contribution in [1.29, 1.82) is 0 Å². The highest BCUT2D eigenvalue weighted by atomic mass is 19.1. The van der Waals surface area contributed by atoms with Crippen molar-refractivity contribution in [3.63, 3.8) is 0 Å². The summed E-state index contributed by atoms with van der Waals surface area (Å²) in [4.78, 5) is 0. The maximum absolute atomic E-state index is 13.7. The molecule has 1 fully saturated rings. The highest BCUT2D eigenvalue weighted by molar-refractivity contribution is 5.82. The zero-order valence-electron chi connectivity index (χ0n) is 20.7. The van der Waals surface area contributed by atoms with Crippen LogP contribution in [0.1, 0.15) is 50.0 Å². The second-order valence-electron chi connectivity index (χ2n) is 9.45. The number of phenolic OH excluding ortho intramolecular Hbond substituents is 2. The third kappa shape index (κ3) is 4.68. The molecule has 188 valence electrons. The lowest BCUT2D eigenvalue weighted by molar-refractivity contribution is -0.00467. The minimum absolute atomic E-state index is 0.159. The quantitative estimate of drug-likeness (QED) is 0.499. The lowest BCUT2D eigenvalue weighted by atomic mass is 9.72. The van der Waals surface area contributed by atoms with Gasteiger partial charge >= 0.3 is 0 Å². The van der Waals surface area contributed by atoms with E-state index in [0.29, 0.717) is 17.5 Å². The molecule has 0 saturated carbocycles. The van der Waals surface area contributed by atoms with Crippen LogP contribution < -0.4 is 0 Å². The molecular formula is C28H33FO6. The van der Waals surface area contributed by atoms with Crippen LogP contribution in [0.25, 0.3) is 5.57 Å². The van der Waals surface area contributed by atoms with E-state index in [2.05, 4.69) is 0 Å². The number of phenols is 2. The van der Waals surface area contributed by atoms with Crippen LogP contribution in [0.4, 0.5) is 4.39 Å². The predicted octanol–water partition coefficient (Wildman–Crippen LogP) is 5.03. The van der Waals surface area contributed by atoms with Gasteiger partial charge in [0.1, 0.15) is 17.7 Å². The predicted molar refractivity (Wildman–Crippen MR) is 130 cm³/mol. The molecule has 0 spiro atoms. The van der Waals surface area contributed by atoms with Gasteiger partial charge in [-0.2, -0.15) is 0 Å². The number of aliphatic hydroxyl groups excluding tert-OH is 1. The minimum Gasteiger partial charge on any atom is -0.504 e. The maximum Gasteiger partial charge on any atom is 0.158 e. The summed E-state index contributed by atoms with van der Waals surface area (Å²) < 4.78 is 32.0. The average molecular weight is 485 g/mol. The molecule has 1 saturated heterocycles. The fourth-order valence-corrected chi connectivity index (χ4v) is 5.42. The molecule has 2 aromatic rings. The molecule has 7 heteroatoms. The van der Waals surface area contributed by atoms with Gasteiger partial charge in [-0.25, -0.2) is 4.39 Å². The third-order valence-electron chi connectivity index (χ3n) is 6.84. The molecular weight excluding hydrogens is 451 g/mol. The van der Waals surface area contributed by atoms with Crippen molar-refractivity contribution in [1.82, 2.24) is 0 Å². The number of aliphatic hydroxyl groups is 1. The van der Waals surface area contributed by atoms with Crippen molar-refractivity contribution in [3.05, 3.63) is 75.8 Å². The van der Waals surface area contributed by atoms with Gasteiger partial charge in [-0.15, -0.1) is 0 Å². The first-order valence-electron chi connectivity index (χ1n) is 11.8. The van der Waals surface area contributed by atoms with Gasteiger partial charge in [0, 0.05) is 18.6 Å². The largest absolute Gasteiger partial charge is 0.504 e. The van der Waals surface area contributed by atoms with Crippen LogP contribution in [0.2, 0.25) is 0 Å². The normalized spacial score (nSPS) is 25.5. The van der Waals surface area contributed by atoms with Gasteiger partial charge in [-0.3, -0.25) is 0 Å². The molecule has 3 N–H and O–H groups in total. The van der Waals surface area contributed by atoms with Gasteiger partial charge in [0.2, 0.25) is 0 Å². The Morgan fingerprint density at radius 2 is 1.71 bits per heavy atom. The fraction of sp³-hybridized carbons (Fsp3) is 0.429. The highest BCUT2D eigenvalue weighted by Crippen LogP contribution is 2.52. The molecule has 5 atom stereocenters. The minimum atomic E-state index is -0.657. The van der Waals surface area contributed by atoms with E-state index in [1.807, 2.05) is 13.8 Å². The van der Waals surface area contributed by atoms with Gasteiger partial charge in [0.05, 0.1) is 25.4 Å². The van der Waals surface area contributed by atoms with Crippen molar-refractivity contribution in [2.75, 3.05) is 14.2 Å². The smallest absolute Gasteiger partial charge is 0.158 e. The average Bonchev–Trinajstić information content (AvgIpc) is 2.80. The van der Waals surface area contributed by atoms with Crippen LogP contribution in [0, 0.1) is 11.7 Å². The first-order chi connectivity index (χ1) is 16.7. The Balaban J connectivity index is 2.02. The summed E-state index contributed by atoms with van der Waals surface area (Å²) in [5.41, 5.74) is 4.91. The third-order valence-corrected chi connectivity index (χ3v) is 6.84. The monoisotopic (exact) mass is 484 g/mol. The van der Waals surface area contributed by atoms with Gasteiger partial charge in [-0.05, 0) is 78.8 Å². The number of aromatic hydroxyl groups is 2. The Bertz CT molecular complexity index is 1150. The van der Waals surface area contributed by atoms with Crippen LogP contribution in [-0.4, -0.2) is 47.9 Å². The van der Waals surface area contributed by atoms with E-state index in [1.165, 1.54) is 24.3 Å². The summed E-state index contributed by atoms with van der Waals surface area (Å²) in [5, 5.41) is 30.8. The van der Waals surface area contributed by atoms with Crippen molar-refractivity contribution < 1.29 is 33.9 Å². The van der Waals surface area contributed by atoms with E-state index in [0.717, 1.165) is 28.0 Å². The van der Waals surface area contributed by atoms with E-state index in [9.17, 15) is 19.7 Å². The molecule has 1 aliphatic heterocycles. The van der Waals surface area contributed by atoms with Gasteiger partial charge in [0.15, 0.2) is 11.5 Å². The lowest BCUT2D eigenvalue weighted by Crippen LogP contribution is -2.36. The number of methoxy groups -OCH3 is 2. The standard InChI is InChI=1S/C28H33FO6/c1-14(30)10-18-12-22(31)23(32)13-20(18)24-21-11-15(2)35-28(17-6-8-19(29)9-7-17)25(21)27(34-5)16(3)26(24)33-4/h6-9,12-16,26,28,30-32H,10-11H2,1-5H3/t14-,15+,16?,26?,28-/m0/s1. The van der Waals surface area contributed by atoms with Crippen LogP contribution in [0.15, 0.2) is 53.3 Å². The van der Waals surface area contributed by atoms with E-state index >= 15 is 0 Å². The van der Waals surface area contributed by atoms with Gasteiger partial charge in [0.25, 0.3) is 0 Å². The van der Waals surface area contributed by atoms with E-state index < -0.39 is 18.3 Å². The molecule has 6 nitrogen and oxygen atoms in total. The first-order valence-corrected chi connectivity index (χ1v) is 11.8. The number of ether oxygens (including phenoxy) is 3.